The summed E-state index contributed by atoms with van der Waals surface area (Å²) in [4.78, 5) is 0. The molecule has 0 aliphatic heterocycles. The average molecular weight is 227 g/mol. The van der Waals surface area contributed by atoms with Crippen molar-refractivity contribution in [1.29, 1.82) is 0 Å². The molecule has 0 radical (unpaired) electrons. The highest BCUT2D eigenvalue weighted by Gasteiger charge is 2.07. The van der Waals surface area contributed by atoms with Crippen molar-refractivity contribution >= 4 is 45.3 Å². The number of nitrogen functional groups attached to an aromatic ring is 2. The zero-order valence-electron chi connectivity index (χ0n) is 7.22. The third-order valence-electron chi connectivity index (χ3n) is 2.13. The van der Waals surface area contributed by atoms with Gasteiger partial charge in [-0.25, -0.2) is 0 Å². The highest BCUT2D eigenvalue weighted by atomic mass is 35.5. The maximum atomic E-state index is 6.03. The quantitative estimate of drug-likeness (QED) is 0.678. The topological polar surface area (TPSA) is 52.0 Å². The van der Waals surface area contributed by atoms with Crippen molar-refractivity contribution < 1.29 is 0 Å². The van der Waals surface area contributed by atoms with E-state index in [1.165, 1.54) is 0 Å². The molecule has 4 N–H and O–H groups in total. The Hall–Kier alpha value is -1.12. The van der Waals surface area contributed by atoms with Gasteiger partial charge in [-0.15, -0.1) is 0 Å². The summed E-state index contributed by atoms with van der Waals surface area (Å²) in [5, 5.41) is 2.69. The number of anilines is 2. The predicted octanol–water partition coefficient (Wildman–Crippen LogP) is 3.31. The van der Waals surface area contributed by atoms with Crippen LogP contribution in [0.2, 0.25) is 10.0 Å². The zero-order chi connectivity index (χ0) is 10.3. The molecule has 0 atom stereocenters. The number of rotatable bonds is 0. The van der Waals surface area contributed by atoms with Crippen LogP contribution >= 0.6 is 23.2 Å². The summed E-state index contributed by atoms with van der Waals surface area (Å²) < 4.78 is 0. The lowest BCUT2D eigenvalue weighted by Crippen LogP contribution is -1.90. The fourth-order valence-electron chi connectivity index (χ4n) is 1.37. The van der Waals surface area contributed by atoms with Crippen LogP contribution in [0.3, 0.4) is 0 Å². The van der Waals surface area contributed by atoms with Gasteiger partial charge in [-0.2, -0.15) is 0 Å². The third kappa shape index (κ3) is 1.27. The van der Waals surface area contributed by atoms with E-state index in [0.717, 1.165) is 10.8 Å². The van der Waals surface area contributed by atoms with Crippen LogP contribution in [0.4, 0.5) is 11.4 Å². The van der Waals surface area contributed by atoms with Crippen molar-refractivity contribution in [3.8, 4) is 0 Å². The highest BCUT2D eigenvalue weighted by molar-refractivity contribution is 6.42. The Kier molecular flexibility index (Phi) is 2.17. The van der Waals surface area contributed by atoms with Gasteiger partial charge >= 0.3 is 0 Å². The maximum absolute atomic E-state index is 6.03. The van der Waals surface area contributed by atoms with Gasteiger partial charge in [0, 0.05) is 10.8 Å². The summed E-state index contributed by atoms with van der Waals surface area (Å²) in [6.45, 7) is 0. The molecule has 0 bridgehead atoms. The lowest BCUT2D eigenvalue weighted by Gasteiger charge is -2.06. The average Bonchev–Trinajstić information content (AvgIpc) is 2.17. The lowest BCUT2D eigenvalue weighted by molar-refractivity contribution is 1.70. The SMILES string of the molecule is Nc1ccc2c(Cl)c(N)ccc2c1Cl. The molecule has 0 aliphatic rings. The standard InChI is InChI=1S/C10H8Cl2N2/c11-9-5-1-3-7(13)10(12)6(5)2-4-8(9)14/h1-4H,13-14H2. The molecule has 0 heterocycles. The first-order valence-corrected chi connectivity index (χ1v) is 4.78. The number of nitrogens with two attached hydrogens (primary N) is 2. The Morgan fingerprint density at radius 2 is 1.07 bits per heavy atom. The Balaban J connectivity index is 2.94. The fraction of sp³-hybridized carbons (Fsp3) is 0. The van der Waals surface area contributed by atoms with Crippen LogP contribution in [0.1, 0.15) is 0 Å². The summed E-state index contributed by atoms with van der Waals surface area (Å²) in [5.74, 6) is 0. The second-order valence-corrected chi connectivity index (χ2v) is 3.79. The second kappa shape index (κ2) is 3.23. The van der Waals surface area contributed by atoms with Crippen LogP contribution in [-0.2, 0) is 0 Å². The van der Waals surface area contributed by atoms with E-state index in [-0.39, 0.29) is 0 Å². The minimum atomic E-state index is 0.518. The smallest absolute Gasteiger partial charge is 0.0714 e. The van der Waals surface area contributed by atoms with Crippen molar-refractivity contribution in [2.75, 3.05) is 11.5 Å². The Morgan fingerprint density at radius 1 is 0.714 bits per heavy atom. The zero-order valence-corrected chi connectivity index (χ0v) is 8.73. The molecule has 0 aliphatic carbocycles. The van der Waals surface area contributed by atoms with Crippen LogP contribution in [0, 0.1) is 0 Å². The predicted molar refractivity (Wildman–Crippen MR) is 62.8 cm³/mol. The first-order chi connectivity index (χ1) is 6.61. The molecule has 4 heteroatoms. The molecule has 2 aromatic rings. The van der Waals surface area contributed by atoms with E-state index in [4.69, 9.17) is 34.7 Å². The molecule has 0 saturated carbocycles. The molecule has 0 fully saturated rings. The molecule has 14 heavy (non-hydrogen) atoms. The van der Waals surface area contributed by atoms with E-state index in [0.29, 0.717) is 21.4 Å². The molecule has 0 saturated heterocycles. The summed E-state index contributed by atoms with van der Waals surface area (Å²) in [6.07, 6.45) is 0. The number of halogens is 2. The molecule has 0 aromatic heterocycles. The Morgan fingerprint density at radius 3 is 1.43 bits per heavy atom. The van der Waals surface area contributed by atoms with E-state index >= 15 is 0 Å². The molecule has 0 unspecified atom stereocenters. The van der Waals surface area contributed by atoms with E-state index in [9.17, 15) is 0 Å². The van der Waals surface area contributed by atoms with Gasteiger partial charge in [0.05, 0.1) is 21.4 Å². The highest BCUT2D eigenvalue weighted by Crippen LogP contribution is 2.35. The minimum absolute atomic E-state index is 0.518. The van der Waals surface area contributed by atoms with Gasteiger partial charge in [0.25, 0.3) is 0 Å². The summed E-state index contributed by atoms with van der Waals surface area (Å²) >= 11 is 12.1. The Labute approximate surface area is 91.4 Å². The van der Waals surface area contributed by atoms with Gasteiger partial charge in [-0.05, 0) is 12.1 Å². The largest absolute Gasteiger partial charge is 0.398 e. The number of benzene rings is 2. The molecule has 0 spiro atoms. The van der Waals surface area contributed by atoms with Crippen LogP contribution < -0.4 is 11.5 Å². The normalized spacial score (nSPS) is 10.7. The van der Waals surface area contributed by atoms with Gasteiger partial charge in [0.15, 0.2) is 0 Å². The first kappa shape index (κ1) is 9.44. The number of fused-ring (bicyclic) bond motifs is 1. The van der Waals surface area contributed by atoms with Gasteiger partial charge in [0.1, 0.15) is 0 Å². The summed E-state index contributed by atoms with van der Waals surface area (Å²) in [6, 6.07) is 7.07. The summed E-state index contributed by atoms with van der Waals surface area (Å²) in [7, 11) is 0. The van der Waals surface area contributed by atoms with Crippen molar-refractivity contribution in [1.82, 2.24) is 0 Å². The van der Waals surface area contributed by atoms with Crippen LogP contribution in [0.25, 0.3) is 10.8 Å². The molecular weight excluding hydrogens is 219 g/mol. The van der Waals surface area contributed by atoms with Crippen LogP contribution in [0.15, 0.2) is 24.3 Å². The minimum Gasteiger partial charge on any atom is -0.398 e. The lowest BCUT2D eigenvalue weighted by atomic mass is 10.1. The molecule has 2 nitrogen and oxygen atoms in total. The monoisotopic (exact) mass is 226 g/mol. The van der Waals surface area contributed by atoms with E-state index in [2.05, 4.69) is 0 Å². The molecular formula is C10H8Cl2N2. The van der Waals surface area contributed by atoms with E-state index in [1.807, 2.05) is 12.1 Å². The first-order valence-electron chi connectivity index (χ1n) is 4.03. The molecule has 2 rings (SSSR count). The molecule has 72 valence electrons. The van der Waals surface area contributed by atoms with Crippen LogP contribution in [-0.4, -0.2) is 0 Å². The summed E-state index contributed by atoms with van der Waals surface area (Å²) in [5.41, 5.74) is 12.4. The van der Waals surface area contributed by atoms with Gasteiger partial charge in [-0.1, -0.05) is 35.3 Å². The third-order valence-corrected chi connectivity index (χ3v) is 2.97. The maximum Gasteiger partial charge on any atom is 0.0714 e. The van der Waals surface area contributed by atoms with Crippen molar-refractivity contribution in [2.45, 2.75) is 0 Å². The van der Waals surface area contributed by atoms with Crippen molar-refractivity contribution in [3.05, 3.63) is 34.3 Å². The van der Waals surface area contributed by atoms with E-state index < -0.39 is 0 Å². The number of hydrogen-bond acceptors (Lipinski definition) is 2. The van der Waals surface area contributed by atoms with Crippen molar-refractivity contribution in [3.63, 3.8) is 0 Å². The number of hydrogen-bond donors (Lipinski definition) is 2. The van der Waals surface area contributed by atoms with E-state index in [1.54, 1.807) is 12.1 Å². The molecule has 2 aromatic carbocycles. The van der Waals surface area contributed by atoms with Gasteiger partial charge in [-0.3, -0.25) is 0 Å². The van der Waals surface area contributed by atoms with Gasteiger partial charge in [0.2, 0.25) is 0 Å². The second-order valence-electron chi connectivity index (χ2n) is 3.03. The van der Waals surface area contributed by atoms with Gasteiger partial charge < -0.3 is 11.5 Å². The van der Waals surface area contributed by atoms with Crippen molar-refractivity contribution in [2.24, 2.45) is 0 Å². The fourth-order valence-corrected chi connectivity index (χ4v) is 1.82. The Bertz CT molecular complexity index is 462. The van der Waals surface area contributed by atoms with Crippen LogP contribution in [0.5, 0.6) is 0 Å². The molecule has 0 amide bonds.